The molecule has 0 aromatic heterocycles. The Morgan fingerprint density at radius 2 is 2.08 bits per heavy atom. The Balaban J connectivity index is 4.07. The van der Waals surface area contributed by atoms with Crippen LogP contribution in [0.2, 0.25) is 0 Å². The predicted molar refractivity (Wildman–Crippen MR) is 53.9 cm³/mol. The van der Waals surface area contributed by atoms with Gasteiger partial charge in [0.15, 0.2) is 0 Å². The average molecular weight is 187 g/mol. The van der Waals surface area contributed by atoms with Gasteiger partial charge in [-0.1, -0.05) is 6.92 Å². The van der Waals surface area contributed by atoms with Gasteiger partial charge in [-0.3, -0.25) is 10.2 Å². The van der Waals surface area contributed by atoms with Gasteiger partial charge in [0.1, 0.15) is 0 Å². The summed E-state index contributed by atoms with van der Waals surface area (Å²) in [6, 6.07) is 0. The minimum Gasteiger partial charge on any atom is -0.305 e. The highest BCUT2D eigenvalue weighted by Crippen LogP contribution is 2.15. The van der Waals surface area contributed by atoms with Crippen LogP contribution in [0.5, 0.6) is 0 Å². The van der Waals surface area contributed by atoms with Gasteiger partial charge in [0.25, 0.3) is 0 Å². The minimum atomic E-state index is -0.418. The van der Waals surface area contributed by atoms with Crippen molar-refractivity contribution in [2.45, 2.75) is 27.2 Å². The van der Waals surface area contributed by atoms with E-state index in [2.05, 4.69) is 17.2 Å². The number of rotatable bonds is 5. The molecule has 1 amide bonds. The summed E-state index contributed by atoms with van der Waals surface area (Å²) in [6.07, 6.45) is 1.09. The molecule has 0 aliphatic rings. The van der Waals surface area contributed by atoms with Gasteiger partial charge in [-0.05, 0) is 33.9 Å². The SMILES string of the molecule is CCCN(C)CC(C)(C)C(=O)NN. The van der Waals surface area contributed by atoms with E-state index in [1.807, 2.05) is 20.9 Å². The monoisotopic (exact) mass is 187 g/mol. The molecule has 0 radical (unpaired) electrons. The lowest BCUT2D eigenvalue weighted by Crippen LogP contribution is -2.46. The maximum atomic E-state index is 11.3. The van der Waals surface area contributed by atoms with E-state index >= 15 is 0 Å². The molecular formula is C9H21N3O. The van der Waals surface area contributed by atoms with Crippen molar-refractivity contribution in [1.82, 2.24) is 10.3 Å². The fraction of sp³-hybridized carbons (Fsp3) is 0.889. The largest absolute Gasteiger partial charge is 0.305 e. The smallest absolute Gasteiger partial charge is 0.240 e. The molecule has 4 nitrogen and oxygen atoms in total. The van der Waals surface area contributed by atoms with Crippen molar-refractivity contribution in [3.8, 4) is 0 Å². The Labute approximate surface area is 80.4 Å². The molecule has 0 atom stereocenters. The van der Waals surface area contributed by atoms with Crippen LogP contribution in [0.25, 0.3) is 0 Å². The third-order valence-electron chi connectivity index (χ3n) is 2.02. The van der Waals surface area contributed by atoms with Gasteiger partial charge in [0.05, 0.1) is 5.41 Å². The van der Waals surface area contributed by atoms with E-state index in [0.717, 1.165) is 19.5 Å². The quantitative estimate of drug-likeness (QED) is 0.371. The maximum Gasteiger partial charge on any atom is 0.240 e. The molecule has 0 bridgehead atoms. The maximum absolute atomic E-state index is 11.3. The van der Waals surface area contributed by atoms with Crippen LogP contribution in [0.1, 0.15) is 27.2 Å². The Morgan fingerprint density at radius 1 is 1.54 bits per heavy atom. The lowest BCUT2D eigenvalue weighted by molar-refractivity contribution is -0.130. The number of hydrazine groups is 1. The number of carbonyl (C=O) groups is 1. The van der Waals surface area contributed by atoms with Crippen LogP contribution in [0, 0.1) is 5.41 Å². The van der Waals surface area contributed by atoms with Crippen LogP contribution < -0.4 is 11.3 Å². The third-order valence-corrected chi connectivity index (χ3v) is 2.02. The molecule has 3 N–H and O–H groups in total. The van der Waals surface area contributed by atoms with E-state index < -0.39 is 5.41 Å². The highest BCUT2D eigenvalue weighted by molar-refractivity contribution is 5.81. The second-order valence-corrected chi connectivity index (χ2v) is 4.10. The van der Waals surface area contributed by atoms with Crippen molar-refractivity contribution in [3.05, 3.63) is 0 Å². The van der Waals surface area contributed by atoms with E-state index in [-0.39, 0.29) is 5.91 Å². The van der Waals surface area contributed by atoms with E-state index in [9.17, 15) is 4.79 Å². The van der Waals surface area contributed by atoms with Gasteiger partial charge >= 0.3 is 0 Å². The summed E-state index contributed by atoms with van der Waals surface area (Å²) in [7, 11) is 2.01. The molecule has 0 unspecified atom stereocenters. The minimum absolute atomic E-state index is 0.115. The van der Waals surface area contributed by atoms with Gasteiger partial charge in [-0.25, -0.2) is 5.84 Å². The fourth-order valence-electron chi connectivity index (χ4n) is 1.40. The van der Waals surface area contributed by atoms with Crippen LogP contribution >= 0.6 is 0 Å². The van der Waals surface area contributed by atoms with E-state index in [4.69, 9.17) is 5.84 Å². The summed E-state index contributed by atoms with van der Waals surface area (Å²) in [4.78, 5) is 13.4. The number of amides is 1. The summed E-state index contributed by atoms with van der Waals surface area (Å²) in [5.74, 6) is 4.97. The van der Waals surface area contributed by atoms with Gasteiger partial charge in [-0.15, -0.1) is 0 Å². The first-order chi connectivity index (χ1) is 5.94. The Kier molecular flexibility index (Phi) is 4.95. The summed E-state index contributed by atoms with van der Waals surface area (Å²) in [5, 5.41) is 0. The van der Waals surface area contributed by atoms with Gasteiger partial charge in [0.2, 0.25) is 5.91 Å². The van der Waals surface area contributed by atoms with Crippen molar-refractivity contribution < 1.29 is 4.79 Å². The molecule has 0 saturated heterocycles. The highest BCUT2D eigenvalue weighted by atomic mass is 16.2. The first-order valence-corrected chi connectivity index (χ1v) is 4.63. The molecule has 0 aliphatic heterocycles. The van der Waals surface area contributed by atoms with Crippen LogP contribution in [0.15, 0.2) is 0 Å². The fourth-order valence-corrected chi connectivity index (χ4v) is 1.40. The molecule has 0 spiro atoms. The van der Waals surface area contributed by atoms with Crippen LogP contribution in [-0.4, -0.2) is 30.9 Å². The normalized spacial score (nSPS) is 11.8. The summed E-state index contributed by atoms with van der Waals surface area (Å²) in [5.41, 5.74) is 1.77. The van der Waals surface area contributed by atoms with Crippen molar-refractivity contribution >= 4 is 5.91 Å². The standard InChI is InChI=1S/C9H21N3O/c1-5-6-12(4)7-9(2,3)8(13)11-10/h5-7,10H2,1-4H3,(H,11,13). The number of hydrogen-bond donors (Lipinski definition) is 2. The highest BCUT2D eigenvalue weighted by Gasteiger charge is 2.27. The molecule has 0 aromatic carbocycles. The second-order valence-electron chi connectivity index (χ2n) is 4.10. The first-order valence-electron chi connectivity index (χ1n) is 4.63. The topological polar surface area (TPSA) is 58.4 Å². The molecule has 4 heteroatoms. The van der Waals surface area contributed by atoms with Crippen molar-refractivity contribution in [3.63, 3.8) is 0 Å². The molecule has 0 saturated carbocycles. The third kappa shape index (κ3) is 4.24. The first kappa shape index (κ1) is 12.4. The van der Waals surface area contributed by atoms with Gasteiger partial charge < -0.3 is 4.90 Å². The van der Waals surface area contributed by atoms with Gasteiger partial charge in [0, 0.05) is 6.54 Å². The van der Waals surface area contributed by atoms with E-state index in [0.29, 0.717) is 0 Å². The zero-order valence-corrected chi connectivity index (χ0v) is 9.05. The number of hydrogen-bond acceptors (Lipinski definition) is 3. The average Bonchev–Trinajstić information content (AvgIpc) is 2.02. The Hall–Kier alpha value is -0.610. The van der Waals surface area contributed by atoms with Crippen LogP contribution in [0.3, 0.4) is 0 Å². The number of nitrogens with one attached hydrogen (secondary N) is 1. The summed E-state index contributed by atoms with van der Waals surface area (Å²) < 4.78 is 0. The van der Waals surface area contributed by atoms with Crippen molar-refractivity contribution in [1.29, 1.82) is 0 Å². The van der Waals surface area contributed by atoms with E-state index in [1.54, 1.807) is 0 Å². The van der Waals surface area contributed by atoms with Crippen LogP contribution in [-0.2, 0) is 4.79 Å². The number of nitrogens with zero attached hydrogens (tertiary/aromatic N) is 1. The Morgan fingerprint density at radius 3 is 2.46 bits per heavy atom. The number of nitrogens with two attached hydrogens (primary N) is 1. The number of carbonyl (C=O) groups excluding carboxylic acids is 1. The molecule has 0 heterocycles. The second kappa shape index (κ2) is 5.19. The van der Waals surface area contributed by atoms with E-state index in [1.165, 1.54) is 0 Å². The molecule has 0 fully saturated rings. The zero-order valence-electron chi connectivity index (χ0n) is 9.05. The lowest BCUT2D eigenvalue weighted by Gasteiger charge is -2.28. The summed E-state index contributed by atoms with van der Waals surface area (Å²) in [6.45, 7) is 7.63. The Bertz CT molecular complexity index is 168. The van der Waals surface area contributed by atoms with Crippen LogP contribution in [0.4, 0.5) is 0 Å². The zero-order chi connectivity index (χ0) is 10.5. The summed E-state index contributed by atoms with van der Waals surface area (Å²) >= 11 is 0. The molecule has 78 valence electrons. The molecular weight excluding hydrogens is 166 g/mol. The predicted octanol–water partition coefficient (Wildman–Crippen LogP) is 0.344. The molecule has 0 aromatic rings. The van der Waals surface area contributed by atoms with Crippen molar-refractivity contribution in [2.24, 2.45) is 11.3 Å². The molecule has 0 aliphatic carbocycles. The molecule has 0 rings (SSSR count). The lowest BCUT2D eigenvalue weighted by atomic mass is 9.92. The van der Waals surface area contributed by atoms with Crippen molar-refractivity contribution in [2.75, 3.05) is 20.1 Å². The van der Waals surface area contributed by atoms with Gasteiger partial charge in [-0.2, -0.15) is 0 Å². The molecule has 13 heavy (non-hydrogen) atoms.